The quantitative estimate of drug-likeness (QED) is 0.802. The van der Waals surface area contributed by atoms with E-state index in [1.165, 1.54) is 6.08 Å². The molecule has 1 heterocycles. The molecule has 114 valence electrons. The van der Waals surface area contributed by atoms with Gasteiger partial charge in [0.2, 0.25) is 14.2 Å². The fourth-order valence-corrected chi connectivity index (χ4v) is 3.94. The monoisotopic (exact) mass is 335 g/mol. The molecular weight excluding hydrogens is 323 g/mol. The van der Waals surface area contributed by atoms with Crippen molar-refractivity contribution in [3.63, 3.8) is 0 Å². The highest BCUT2D eigenvalue weighted by atomic mass is 32.2. The molecule has 0 bridgehead atoms. The summed E-state index contributed by atoms with van der Waals surface area (Å²) in [7, 11) is -3.72. The largest absolute Gasteiger partial charge is 0.269 e. The fourth-order valence-electron chi connectivity index (χ4n) is 1.61. The highest BCUT2D eigenvalue weighted by Gasteiger charge is 2.19. The maximum Gasteiger partial charge on any atom is 0.269 e. The number of benzene rings is 1. The molecule has 2 aromatic rings. The minimum absolute atomic E-state index is 0.0643. The normalized spacial score (nSPS) is 14.3. The average Bonchev–Trinajstić information content (AvgIpc) is 2.88. The molecule has 1 atom stereocenters. The van der Waals surface area contributed by atoms with Gasteiger partial charge in [-0.2, -0.15) is 0 Å². The Balaban J connectivity index is 2.07. The Morgan fingerprint density at radius 1 is 1.24 bits per heavy atom. The van der Waals surface area contributed by atoms with Crippen LogP contribution in [0.2, 0.25) is 0 Å². The van der Waals surface area contributed by atoms with Crippen LogP contribution in [-0.4, -0.2) is 26.0 Å². The third kappa shape index (κ3) is 4.04. The second-order valence-electron chi connectivity index (χ2n) is 4.29. The van der Waals surface area contributed by atoms with Crippen LogP contribution in [-0.2, 0) is 9.84 Å². The summed E-state index contributed by atoms with van der Waals surface area (Å²) in [6, 6.07) is 6.98. The summed E-state index contributed by atoms with van der Waals surface area (Å²) in [5.74, 6) is 0. The maximum absolute atomic E-state index is 12.7. The molecule has 0 amide bonds. The Labute approximate surface area is 124 Å². The van der Waals surface area contributed by atoms with E-state index < -0.39 is 28.9 Å². The van der Waals surface area contributed by atoms with Gasteiger partial charge in [-0.1, -0.05) is 18.2 Å². The molecule has 2 rings (SSSR count). The van der Waals surface area contributed by atoms with Gasteiger partial charge in [0, 0.05) is 5.41 Å². The molecule has 21 heavy (non-hydrogen) atoms. The summed E-state index contributed by atoms with van der Waals surface area (Å²) in [6.45, 7) is 0. The van der Waals surface area contributed by atoms with Gasteiger partial charge < -0.3 is 0 Å². The van der Waals surface area contributed by atoms with Gasteiger partial charge in [0.1, 0.15) is 0 Å². The molecule has 1 aromatic carbocycles. The highest BCUT2D eigenvalue weighted by molar-refractivity contribution is 7.96. The van der Waals surface area contributed by atoms with E-state index in [1.54, 1.807) is 24.3 Å². The van der Waals surface area contributed by atoms with E-state index in [2.05, 4.69) is 4.98 Å². The summed E-state index contributed by atoms with van der Waals surface area (Å²) < 4.78 is 61.2. The van der Waals surface area contributed by atoms with Gasteiger partial charge in [0.25, 0.3) is 6.43 Å². The van der Waals surface area contributed by atoms with E-state index in [0.717, 1.165) is 21.4 Å². The molecule has 0 fully saturated rings. The number of thiazole rings is 1. The number of hydrogen-bond acceptors (Lipinski definition) is 4. The Morgan fingerprint density at radius 2 is 1.95 bits per heavy atom. The molecule has 0 N–H and O–H groups in total. The van der Waals surface area contributed by atoms with Crippen molar-refractivity contribution in [3.8, 4) is 0 Å². The van der Waals surface area contributed by atoms with Crippen LogP contribution < -0.4 is 0 Å². The van der Waals surface area contributed by atoms with E-state index in [-0.39, 0.29) is 10.8 Å². The fraction of sp³-hybridized carbons (Fsp3) is 0.308. The van der Waals surface area contributed by atoms with E-state index in [1.807, 2.05) is 0 Å². The first-order chi connectivity index (χ1) is 9.90. The van der Waals surface area contributed by atoms with Crippen LogP contribution in [0, 0.1) is 0 Å². The Morgan fingerprint density at radius 3 is 2.62 bits per heavy atom. The minimum atomic E-state index is -3.72. The topological polar surface area (TPSA) is 47.0 Å². The van der Waals surface area contributed by atoms with Crippen molar-refractivity contribution >= 4 is 31.4 Å². The third-order valence-corrected chi connectivity index (χ3v) is 5.58. The minimum Gasteiger partial charge on any atom is -0.241 e. The summed E-state index contributed by atoms with van der Waals surface area (Å²) in [5.41, 5.74) is 0.580. The zero-order valence-corrected chi connectivity index (χ0v) is 12.4. The van der Waals surface area contributed by atoms with Crippen molar-refractivity contribution in [1.82, 2.24) is 4.98 Å². The summed E-state index contributed by atoms with van der Waals surface area (Å²) >= 11 is 1.03. The van der Waals surface area contributed by atoms with E-state index in [9.17, 15) is 21.6 Å². The Bertz CT molecular complexity index is 708. The zero-order valence-electron chi connectivity index (χ0n) is 10.7. The van der Waals surface area contributed by atoms with Gasteiger partial charge in [0.15, 0.2) is 6.17 Å². The first-order valence-electron chi connectivity index (χ1n) is 6.09. The van der Waals surface area contributed by atoms with Gasteiger partial charge in [-0.15, -0.1) is 11.3 Å². The molecule has 3 nitrogen and oxygen atoms in total. The average molecular weight is 335 g/mol. The van der Waals surface area contributed by atoms with Crippen LogP contribution in [0.1, 0.15) is 12.8 Å². The Hall–Kier alpha value is -1.41. The number of sulfone groups is 1. The predicted octanol–water partition coefficient (Wildman–Crippen LogP) is 3.97. The van der Waals surface area contributed by atoms with Crippen LogP contribution in [0.3, 0.4) is 0 Å². The lowest BCUT2D eigenvalue weighted by Crippen LogP contribution is -2.10. The van der Waals surface area contributed by atoms with Crippen LogP contribution in [0.15, 0.2) is 40.1 Å². The van der Waals surface area contributed by atoms with E-state index >= 15 is 0 Å². The lowest BCUT2D eigenvalue weighted by Gasteiger charge is -2.03. The van der Waals surface area contributed by atoms with Crippen molar-refractivity contribution in [3.05, 3.63) is 35.7 Å². The molecule has 0 radical (unpaired) electrons. The molecule has 0 saturated carbocycles. The molecule has 1 aromatic heterocycles. The van der Waals surface area contributed by atoms with Crippen LogP contribution >= 0.6 is 11.3 Å². The smallest absolute Gasteiger partial charge is 0.241 e. The van der Waals surface area contributed by atoms with Crippen LogP contribution in [0.25, 0.3) is 10.2 Å². The lowest BCUT2D eigenvalue weighted by atomic mass is 10.2. The van der Waals surface area contributed by atoms with Gasteiger partial charge >= 0.3 is 0 Å². The van der Waals surface area contributed by atoms with Crippen molar-refractivity contribution in [2.45, 2.75) is 29.8 Å². The molecule has 0 saturated heterocycles. The summed E-state index contributed by atoms with van der Waals surface area (Å²) in [5, 5.41) is 0.892. The molecule has 0 spiro atoms. The SMILES string of the molecule is O=S(=O)(C=CCCC(F)C(F)F)c1nc2ccccc2s1. The van der Waals surface area contributed by atoms with Gasteiger partial charge in [-0.05, 0) is 25.0 Å². The third-order valence-electron chi connectivity index (χ3n) is 2.68. The van der Waals surface area contributed by atoms with Crippen LogP contribution in [0.4, 0.5) is 13.2 Å². The summed E-state index contributed by atoms with van der Waals surface area (Å²) in [4.78, 5) is 4.01. The first-order valence-corrected chi connectivity index (χ1v) is 8.46. The number of halogens is 3. The number of nitrogens with zero attached hydrogens (tertiary/aromatic N) is 1. The van der Waals surface area contributed by atoms with Crippen molar-refractivity contribution in [2.75, 3.05) is 0 Å². The highest BCUT2D eigenvalue weighted by Crippen LogP contribution is 2.26. The van der Waals surface area contributed by atoms with Gasteiger partial charge in [-0.25, -0.2) is 26.6 Å². The van der Waals surface area contributed by atoms with Gasteiger partial charge in [-0.3, -0.25) is 0 Å². The number of para-hydroxylation sites is 1. The number of aromatic nitrogens is 1. The number of fused-ring (bicyclic) bond motifs is 1. The lowest BCUT2D eigenvalue weighted by molar-refractivity contribution is 0.0460. The number of hydrogen-bond donors (Lipinski definition) is 0. The van der Waals surface area contributed by atoms with Crippen molar-refractivity contribution in [1.29, 1.82) is 0 Å². The summed E-state index contributed by atoms with van der Waals surface area (Å²) in [6.07, 6.45) is -4.59. The molecule has 0 aliphatic rings. The number of alkyl halides is 3. The first kappa shape index (κ1) is 16.0. The zero-order chi connectivity index (χ0) is 15.5. The number of rotatable bonds is 6. The molecule has 0 aliphatic carbocycles. The molecule has 8 heteroatoms. The van der Waals surface area contributed by atoms with Crippen LogP contribution in [0.5, 0.6) is 0 Å². The second kappa shape index (κ2) is 6.57. The van der Waals surface area contributed by atoms with E-state index in [4.69, 9.17) is 0 Å². The van der Waals surface area contributed by atoms with E-state index in [0.29, 0.717) is 5.52 Å². The molecule has 1 unspecified atom stereocenters. The van der Waals surface area contributed by atoms with Gasteiger partial charge in [0.05, 0.1) is 10.2 Å². The predicted molar refractivity (Wildman–Crippen MR) is 76.1 cm³/mol. The molecule has 0 aliphatic heterocycles. The standard InChI is InChI=1S/C13H12F3NO2S2/c14-9(12(15)16)5-3-4-8-21(18,19)13-17-10-6-1-2-7-11(10)20-13/h1-2,4,6-9,12H,3,5H2. The van der Waals surface area contributed by atoms with Crippen molar-refractivity contribution < 1.29 is 21.6 Å². The molecular formula is C13H12F3NO2S2. The number of allylic oxidation sites excluding steroid dienone is 1. The Kier molecular flexibility index (Phi) is 5.00. The maximum atomic E-state index is 12.7. The second-order valence-corrected chi connectivity index (χ2v) is 7.33. The van der Waals surface area contributed by atoms with Crippen molar-refractivity contribution in [2.24, 2.45) is 0 Å².